The highest BCUT2D eigenvalue weighted by molar-refractivity contribution is 6.12. The van der Waals surface area contributed by atoms with Crippen molar-refractivity contribution in [3.8, 4) is 0 Å². The molecule has 15 heavy (non-hydrogen) atoms. The van der Waals surface area contributed by atoms with Crippen LogP contribution in [0.1, 0.15) is 25.3 Å². The zero-order valence-corrected chi connectivity index (χ0v) is 8.90. The van der Waals surface area contributed by atoms with Crippen LogP contribution in [0.15, 0.2) is 29.3 Å². The van der Waals surface area contributed by atoms with Crippen LogP contribution in [-0.4, -0.2) is 18.2 Å². The first-order chi connectivity index (χ1) is 7.18. The minimum absolute atomic E-state index is 0.0144. The number of para-hydroxylation sites is 1. The van der Waals surface area contributed by atoms with Gasteiger partial charge in [-0.2, -0.15) is 0 Å². The molecular formula is C12H14N2O. The summed E-state index contributed by atoms with van der Waals surface area (Å²) in [7, 11) is 0. The number of aliphatic imine (C=N–C) groups is 1. The van der Waals surface area contributed by atoms with E-state index in [1.807, 2.05) is 38.1 Å². The van der Waals surface area contributed by atoms with Crippen LogP contribution in [0.3, 0.4) is 0 Å². The maximum Gasteiger partial charge on any atom is 0.237 e. The zero-order valence-electron chi connectivity index (χ0n) is 8.90. The van der Waals surface area contributed by atoms with E-state index in [9.17, 15) is 4.79 Å². The van der Waals surface area contributed by atoms with Gasteiger partial charge in [-0.25, -0.2) is 0 Å². The Labute approximate surface area is 89.2 Å². The number of nitrogens with one attached hydrogen (secondary N) is 1. The fourth-order valence-electron chi connectivity index (χ4n) is 1.64. The van der Waals surface area contributed by atoms with Crippen LogP contribution in [0.5, 0.6) is 0 Å². The highest BCUT2D eigenvalue weighted by atomic mass is 16.2. The van der Waals surface area contributed by atoms with Crippen LogP contribution < -0.4 is 5.32 Å². The molecule has 1 aliphatic heterocycles. The summed E-state index contributed by atoms with van der Waals surface area (Å²) in [5.74, 6) is -0.204. The molecule has 1 aromatic rings. The molecule has 1 aromatic carbocycles. The lowest BCUT2D eigenvalue weighted by Gasteiger charge is -2.02. The van der Waals surface area contributed by atoms with E-state index in [2.05, 4.69) is 10.3 Å². The highest BCUT2D eigenvalue weighted by Gasteiger charge is 2.28. The molecule has 1 amide bonds. The van der Waals surface area contributed by atoms with Crippen molar-refractivity contribution in [1.82, 2.24) is 0 Å². The Morgan fingerprint density at radius 2 is 2.13 bits per heavy atom. The fourth-order valence-corrected chi connectivity index (χ4v) is 1.64. The standard InChI is InChI=1S/C12H14N2O/c1-8(2)13-7-10-9-5-3-4-6-11(9)14-12(10)15/h3-8,10H,1-2H3,(H,14,15). The van der Waals surface area contributed by atoms with E-state index in [1.165, 1.54) is 0 Å². The average molecular weight is 202 g/mol. The van der Waals surface area contributed by atoms with Crippen LogP contribution in [0.2, 0.25) is 0 Å². The lowest BCUT2D eigenvalue weighted by atomic mass is 10.0. The Kier molecular flexibility index (Phi) is 2.54. The van der Waals surface area contributed by atoms with Crippen molar-refractivity contribution < 1.29 is 4.79 Å². The molecule has 0 radical (unpaired) electrons. The molecule has 0 aliphatic carbocycles. The molecule has 0 bridgehead atoms. The molecule has 0 spiro atoms. The molecular weight excluding hydrogens is 188 g/mol. The number of benzene rings is 1. The molecule has 1 heterocycles. The van der Waals surface area contributed by atoms with E-state index < -0.39 is 0 Å². The number of hydrogen-bond donors (Lipinski definition) is 1. The maximum atomic E-state index is 11.6. The van der Waals surface area contributed by atoms with E-state index in [0.717, 1.165) is 11.3 Å². The molecule has 3 nitrogen and oxygen atoms in total. The predicted octanol–water partition coefficient (Wildman–Crippen LogP) is 2.20. The summed E-state index contributed by atoms with van der Waals surface area (Å²) in [6, 6.07) is 7.96. The van der Waals surface area contributed by atoms with Gasteiger partial charge in [0.2, 0.25) is 5.91 Å². The number of carbonyl (C=O) groups is 1. The molecule has 0 aromatic heterocycles. The van der Waals surface area contributed by atoms with Crippen molar-refractivity contribution in [2.24, 2.45) is 4.99 Å². The molecule has 2 rings (SSSR count). The van der Waals surface area contributed by atoms with Gasteiger partial charge in [0.1, 0.15) is 5.92 Å². The summed E-state index contributed by atoms with van der Waals surface area (Å²) in [5, 5.41) is 2.84. The van der Waals surface area contributed by atoms with E-state index in [-0.39, 0.29) is 17.9 Å². The Balaban J connectivity index is 2.30. The number of hydrogen-bond acceptors (Lipinski definition) is 2. The molecule has 0 saturated heterocycles. The van der Waals surface area contributed by atoms with Crippen molar-refractivity contribution in [3.63, 3.8) is 0 Å². The lowest BCUT2D eigenvalue weighted by Crippen LogP contribution is -2.13. The van der Waals surface area contributed by atoms with Gasteiger partial charge in [0.15, 0.2) is 0 Å². The smallest absolute Gasteiger partial charge is 0.237 e. The molecule has 0 saturated carbocycles. The lowest BCUT2D eigenvalue weighted by molar-refractivity contribution is -0.115. The second kappa shape index (κ2) is 3.85. The number of nitrogens with zero attached hydrogens (tertiary/aromatic N) is 1. The molecule has 1 N–H and O–H groups in total. The first-order valence-corrected chi connectivity index (χ1v) is 5.11. The number of amides is 1. The van der Waals surface area contributed by atoms with E-state index in [0.29, 0.717) is 0 Å². The van der Waals surface area contributed by atoms with Gasteiger partial charge in [-0.1, -0.05) is 18.2 Å². The minimum Gasteiger partial charge on any atom is -0.325 e. The first kappa shape index (κ1) is 9.90. The molecule has 1 atom stereocenters. The number of rotatable bonds is 2. The van der Waals surface area contributed by atoms with Crippen molar-refractivity contribution >= 4 is 17.8 Å². The normalized spacial score (nSPS) is 19.7. The minimum atomic E-state index is -0.219. The zero-order chi connectivity index (χ0) is 10.8. The predicted molar refractivity (Wildman–Crippen MR) is 61.4 cm³/mol. The third-order valence-corrected chi connectivity index (χ3v) is 2.37. The monoisotopic (exact) mass is 202 g/mol. The van der Waals surface area contributed by atoms with Gasteiger partial charge < -0.3 is 5.32 Å². The van der Waals surface area contributed by atoms with Gasteiger partial charge in [-0.15, -0.1) is 0 Å². The van der Waals surface area contributed by atoms with Gasteiger partial charge in [-0.05, 0) is 25.5 Å². The van der Waals surface area contributed by atoms with Gasteiger partial charge in [0, 0.05) is 17.9 Å². The van der Waals surface area contributed by atoms with Gasteiger partial charge in [0.05, 0.1) is 0 Å². The molecule has 78 valence electrons. The van der Waals surface area contributed by atoms with Crippen LogP contribution in [-0.2, 0) is 4.79 Å². The maximum absolute atomic E-state index is 11.6. The molecule has 0 fully saturated rings. The second-order valence-corrected chi connectivity index (χ2v) is 3.95. The summed E-state index contributed by atoms with van der Waals surface area (Å²) in [5.41, 5.74) is 1.93. The third kappa shape index (κ3) is 1.91. The average Bonchev–Trinajstić information content (AvgIpc) is 2.50. The Bertz CT molecular complexity index is 410. The van der Waals surface area contributed by atoms with Crippen molar-refractivity contribution in [3.05, 3.63) is 29.8 Å². The molecule has 1 unspecified atom stereocenters. The Morgan fingerprint density at radius 3 is 2.87 bits per heavy atom. The summed E-state index contributed by atoms with van der Waals surface area (Å²) in [6.45, 7) is 3.99. The Hall–Kier alpha value is -1.64. The van der Waals surface area contributed by atoms with Crippen molar-refractivity contribution in [1.29, 1.82) is 0 Å². The van der Waals surface area contributed by atoms with Gasteiger partial charge in [0.25, 0.3) is 0 Å². The summed E-state index contributed by atoms with van der Waals surface area (Å²) in [6.07, 6.45) is 1.74. The highest BCUT2D eigenvalue weighted by Crippen LogP contribution is 2.30. The number of carbonyl (C=O) groups excluding carboxylic acids is 1. The van der Waals surface area contributed by atoms with E-state index in [4.69, 9.17) is 0 Å². The van der Waals surface area contributed by atoms with E-state index >= 15 is 0 Å². The van der Waals surface area contributed by atoms with Crippen LogP contribution in [0, 0.1) is 0 Å². The largest absolute Gasteiger partial charge is 0.325 e. The SMILES string of the molecule is CC(C)N=CC1C(=O)Nc2ccccc21. The summed E-state index contributed by atoms with van der Waals surface area (Å²) < 4.78 is 0. The van der Waals surface area contributed by atoms with Crippen LogP contribution in [0.25, 0.3) is 0 Å². The van der Waals surface area contributed by atoms with Gasteiger partial charge >= 0.3 is 0 Å². The second-order valence-electron chi connectivity index (χ2n) is 3.95. The van der Waals surface area contributed by atoms with Crippen LogP contribution in [0.4, 0.5) is 5.69 Å². The van der Waals surface area contributed by atoms with Gasteiger partial charge in [-0.3, -0.25) is 9.79 Å². The third-order valence-electron chi connectivity index (χ3n) is 2.37. The summed E-state index contributed by atoms with van der Waals surface area (Å²) in [4.78, 5) is 15.9. The molecule has 3 heteroatoms. The summed E-state index contributed by atoms with van der Waals surface area (Å²) >= 11 is 0. The van der Waals surface area contributed by atoms with E-state index in [1.54, 1.807) is 6.21 Å². The fraction of sp³-hybridized carbons (Fsp3) is 0.333. The number of fused-ring (bicyclic) bond motifs is 1. The molecule has 1 aliphatic rings. The van der Waals surface area contributed by atoms with Crippen LogP contribution >= 0.6 is 0 Å². The quantitative estimate of drug-likeness (QED) is 0.734. The first-order valence-electron chi connectivity index (χ1n) is 5.11. The van der Waals surface area contributed by atoms with Crippen molar-refractivity contribution in [2.45, 2.75) is 25.8 Å². The topological polar surface area (TPSA) is 41.5 Å². The van der Waals surface area contributed by atoms with Crippen molar-refractivity contribution in [2.75, 3.05) is 5.32 Å². The Morgan fingerprint density at radius 1 is 1.40 bits per heavy atom. The number of anilines is 1.